The number of fused-ring (bicyclic) bond motifs is 3. The van der Waals surface area contributed by atoms with Gasteiger partial charge in [-0.1, -0.05) is 82.6 Å². The van der Waals surface area contributed by atoms with E-state index in [4.69, 9.17) is 14.8 Å². The Morgan fingerprint density at radius 3 is 2.33 bits per heavy atom. The molecule has 3 aromatic heterocycles. The first kappa shape index (κ1) is 34.4. The van der Waals surface area contributed by atoms with Gasteiger partial charge in [0, 0.05) is 34.5 Å². The molecule has 0 amide bonds. The quantitative estimate of drug-likeness (QED) is 0.143. The fraction of sp³-hybridized carbons (Fsp3) is 0.256. The summed E-state index contributed by atoms with van der Waals surface area (Å²) in [6, 6.07) is 38.7. The number of aryl methyl sites for hydroxylation is 1. The van der Waals surface area contributed by atoms with E-state index in [1.165, 1.54) is 16.5 Å². The Morgan fingerprint density at radius 1 is 0.796 bits per heavy atom. The zero-order chi connectivity index (χ0) is 33.6. The van der Waals surface area contributed by atoms with Gasteiger partial charge in [0.1, 0.15) is 5.82 Å². The number of aromatic nitrogens is 4. The Bertz CT molecular complexity index is 2260. The summed E-state index contributed by atoms with van der Waals surface area (Å²) in [5.74, 6) is 2.66. The van der Waals surface area contributed by atoms with Gasteiger partial charge in [0.15, 0.2) is 0 Å². The molecule has 0 aliphatic rings. The number of ether oxygens (including phenoxy) is 1. The van der Waals surface area contributed by atoms with E-state index < -0.39 is 0 Å². The Hall–Kier alpha value is -4.47. The third-order valence-corrected chi connectivity index (χ3v) is 8.69. The largest absolute Gasteiger partial charge is 2.00 e. The summed E-state index contributed by atoms with van der Waals surface area (Å²) in [5.41, 5.74) is 9.97. The molecule has 0 saturated heterocycles. The zero-order valence-electron chi connectivity index (χ0n) is 29.2. The van der Waals surface area contributed by atoms with Crippen LogP contribution in [0, 0.1) is 37.3 Å². The Labute approximate surface area is 304 Å². The fourth-order valence-corrected chi connectivity index (χ4v) is 6.81. The van der Waals surface area contributed by atoms with Gasteiger partial charge in [-0.2, -0.15) is 17.2 Å². The number of nitrogens with zero attached hydrogens (tertiary/aromatic N) is 4. The average Bonchev–Trinajstić information content (AvgIpc) is 3.52. The fourth-order valence-electron chi connectivity index (χ4n) is 6.81. The van der Waals surface area contributed by atoms with Crippen LogP contribution in [-0.4, -0.2) is 19.3 Å². The predicted octanol–water partition coefficient (Wildman–Crippen LogP) is 10.8. The van der Waals surface area contributed by atoms with E-state index in [1.54, 1.807) is 0 Å². The monoisotopic (exact) mass is 825 g/mol. The van der Waals surface area contributed by atoms with Gasteiger partial charge in [-0.15, -0.1) is 35.7 Å². The van der Waals surface area contributed by atoms with Crippen molar-refractivity contribution < 1.29 is 25.8 Å². The molecule has 0 spiro atoms. The van der Waals surface area contributed by atoms with Crippen LogP contribution in [0.5, 0.6) is 11.5 Å². The number of pyridine rings is 1. The van der Waals surface area contributed by atoms with Gasteiger partial charge < -0.3 is 9.30 Å². The van der Waals surface area contributed by atoms with Crippen LogP contribution >= 0.6 is 0 Å². The minimum atomic E-state index is 0. The maximum absolute atomic E-state index is 6.48. The van der Waals surface area contributed by atoms with Crippen LogP contribution < -0.4 is 4.74 Å². The Kier molecular flexibility index (Phi) is 9.69. The Morgan fingerprint density at radius 2 is 1.57 bits per heavy atom. The van der Waals surface area contributed by atoms with Crippen LogP contribution in [0.2, 0.25) is 0 Å². The molecule has 0 aliphatic heterocycles. The molecule has 5 nitrogen and oxygen atoms in total. The van der Waals surface area contributed by atoms with E-state index in [-0.39, 0.29) is 26.5 Å². The van der Waals surface area contributed by atoms with Crippen LogP contribution in [0.15, 0.2) is 97.2 Å². The predicted molar refractivity (Wildman–Crippen MR) is 196 cm³/mol. The molecule has 250 valence electrons. The molecule has 4 aromatic carbocycles. The van der Waals surface area contributed by atoms with Crippen molar-refractivity contribution in [3.05, 3.63) is 132 Å². The smallest absolute Gasteiger partial charge is 0.509 e. The molecule has 3 heterocycles. The summed E-state index contributed by atoms with van der Waals surface area (Å²) in [6.07, 6.45) is 3.91. The molecule has 7 rings (SSSR count). The third kappa shape index (κ3) is 7.14. The van der Waals surface area contributed by atoms with Crippen LogP contribution in [0.4, 0.5) is 0 Å². The second-order valence-electron chi connectivity index (χ2n) is 14.5. The normalized spacial score (nSPS) is 11.8. The van der Waals surface area contributed by atoms with Gasteiger partial charge in [0.25, 0.3) is 0 Å². The molecule has 0 saturated carbocycles. The van der Waals surface area contributed by atoms with Crippen molar-refractivity contribution in [3.8, 4) is 34.1 Å². The zero-order valence-corrected chi connectivity index (χ0v) is 31.5. The van der Waals surface area contributed by atoms with Gasteiger partial charge in [-0.3, -0.25) is 4.68 Å². The molecule has 0 bridgehead atoms. The summed E-state index contributed by atoms with van der Waals surface area (Å²) in [6.45, 7) is 15.5. The molecule has 0 atom stereocenters. The van der Waals surface area contributed by atoms with Gasteiger partial charge in [-0.05, 0) is 84.0 Å². The molecule has 0 aliphatic carbocycles. The summed E-state index contributed by atoms with van der Waals surface area (Å²) in [5, 5.41) is 7.20. The van der Waals surface area contributed by atoms with Crippen LogP contribution in [0.1, 0.15) is 57.1 Å². The van der Waals surface area contributed by atoms with E-state index in [0.717, 1.165) is 63.3 Å². The van der Waals surface area contributed by atoms with Crippen molar-refractivity contribution in [2.45, 2.75) is 61.3 Å². The van der Waals surface area contributed by atoms with Crippen molar-refractivity contribution in [3.63, 3.8) is 0 Å². The summed E-state index contributed by atoms with van der Waals surface area (Å²) in [7, 11) is 0. The molecule has 0 radical (unpaired) electrons. The van der Waals surface area contributed by atoms with E-state index in [1.807, 2.05) is 41.2 Å². The average molecular weight is 826 g/mol. The number of benzene rings is 4. The first-order valence-corrected chi connectivity index (χ1v) is 16.8. The van der Waals surface area contributed by atoms with Crippen LogP contribution in [0.3, 0.4) is 0 Å². The van der Waals surface area contributed by atoms with E-state index >= 15 is 0 Å². The molecule has 49 heavy (non-hydrogen) atoms. The molecule has 7 aromatic rings. The molecule has 0 fully saturated rings. The maximum atomic E-state index is 6.48. The van der Waals surface area contributed by atoms with Crippen molar-refractivity contribution >= 4 is 21.8 Å². The molecular formula is C43H42N4OPt. The van der Waals surface area contributed by atoms with Crippen molar-refractivity contribution in [2.24, 2.45) is 11.3 Å². The van der Waals surface area contributed by atoms with E-state index in [0.29, 0.717) is 17.4 Å². The van der Waals surface area contributed by atoms with Gasteiger partial charge >= 0.3 is 21.1 Å². The standard InChI is InChI=1S/C43H42N4O.Pt/c1-28(2)22-31-20-21-44-41(24-31)46-39-19-16-32(27-43(5,6)7)23-38(39)37-18-17-36(26-40(37)46)48-35-15-11-14-34(25-35)47-30(4)42(29(3)45-47)33-12-9-8-10-13-33;/h8-21,23-24,28H,22,27H2,1-7H3;/q-2;+2. The van der Waals surface area contributed by atoms with E-state index in [9.17, 15) is 0 Å². The second kappa shape index (κ2) is 13.8. The number of rotatable bonds is 8. The number of hydrogen-bond acceptors (Lipinski definition) is 3. The summed E-state index contributed by atoms with van der Waals surface area (Å²) in [4.78, 5) is 4.86. The Balaban J connectivity index is 0.00000417. The molecule has 6 heteroatoms. The summed E-state index contributed by atoms with van der Waals surface area (Å²) >= 11 is 0. The van der Waals surface area contributed by atoms with Crippen molar-refractivity contribution in [2.75, 3.05) is 0 Å². The van der Waals surface area contributed by atoms with Gasteiger partial charge in [-0.25, -0.2) is 4.98 Å². The topological polar surface area (TPSA) is 44.9 Å². The van der Waals surface area contributed by atoms with Crippen LogP contribution in [-0.2, 0) is 33.9 Å². The minimum absolute atomic E-state index is 0. The number of hydrogen-bond donors (Lipinski definition) is 0. The van der Waals surface area contributed by atoms with Gasteiger partial charge in [0.05, 0.1) is 5.69 Å². The molecule has 0 unspecified atom stereocenters. The maximum Gasteiger partial charge on any atom is 2.00 e. The molecule has 0 N–H and O–H groups in total. The first-order valence-electron chi connectivity index (χ1n) is 16.8. The van der Waals surface area contributed by atoms with Gasteiger partial charge in [0.2, 0.25) is 0 Å². The second-order valence-corrected chi connectivity index (χ2v) is 14.5. The van der Waals surface area contributed by atoms with Crippen molar-refractivity contribution in [1.82, 2.24) is 19.3 Å². The summed E-state index contributed by atoms with van der Waals surface area (Å²) < 4.78 is 10.6. The molecular weight excluding hydrogens is 784 g/mol. The third-order valence-electron chi connectivity index (χ3n) is 8.69. The SMILES string of the molecule is Cc1nn(-c2[c-]c(Oc3[c-]c4c(cc3)c3cc(CC(C)(C)C)ccc3n4-c3cc(CC(C)C)ccn3)ccc2)c(C)c1-c1ccccc1.[Pt+2]. The van der Waals surface area contributed by atoms with Crippen molar-refractivity contribution in [1.29, 1.82) is 0 Å². The van der Waals surface area contributed by atoms with Crippen LogP contribution in [0.25, 0.3) is 44.4 Å². The minimum Gasteiger partial charge on any atom is -0.509 e. The first-order chi connectivity index (χ1) is 23.0. The van der Waals surface area contributed by atoms with E-state index in [2.05, 4.69) is 126 Å².